The van der Waals surface area contributed by atoms with E-state index in [1.54, 1.807) is 0 Å². The first-order valence-electron chi connectivity index (χ1n) is 26.1. The van der Waals surface area contributed by atoms with Crippen molar-refractivity contribution in [2.24, 2.45) is 0 Å². The Morgan fingerprint density at radius 3 is 1.33 bits per heavy atom. The number of aliphatic hydroxyl groups excluding tert-OH is 2. The van der Waals surface area contributed by atoms with Gasteiger partial charge in [-0.15, -0.1) is 0 Å². The van der Waals surface area contributed by atoms with Crippen LogP contribution in [-0.2, 0) is 14.3 Å². The molecule has 3 N–H and O–H groups in total. The Bertz CT molecular complexity index is 1090. The zero-order chi connectivity index (χ0) is 44.5. The molecule has 0 aromatic rings. The molecule has 61 heavy (non-hydrogen) atoms. The fourth-order valence-electron chi connectivity index (χ4n) is 7.76. The van der Waals surface area contributed by atoms with Crippen LogP contribution >= 0.6 is 0 Å². The molecule has 0 aromatic heterocycles. The summed E-state index contributed by atoms with van der Waals surface area (Å²) in [5.41, 5.74) is 0. The highest BCUT2D eigenvalue weighted by Crippen LogP contribution is 2.18. The molecule has 0 saturated carbocycles. The third-order valence-electron chi connectivity index (χ3n) is 11.7. The molecule has 0 aliphatic carbocycles. The van der Waals surface area contributed by atoms with E-state index in [-0.39, 0.29) is 24.9 Å². The van der Waals surface area contributed by atoms with E-state index < -0.39 is 18.2 Å². The van der Waals surface area contributed by atoms with Crippen LogP contribution in [0.5, 0.6) is 0 Å². The van der Waals surface area contributed by atoms with Crippen LogP contribution in [0.25, 0.3) is 0 Å². The Hall–Kier alpha value is -2.44. The Kier molecular flexibility index (Phi) is 46.6. The zero-order valence-corrected chi connectivity index (χ0v) is 40.3. The number of nitrogens with one attached hydrogen (secondary N) is 1. The number of unbranched alkanes of at least 4 members (excludes halogenated alkanes) is 28. The van der Waals surface area contributed by atoms with Gasteiger partial charge in [0.2, 0.25) is 5.91 Å². The van der Waals surface area contributed by atoms with Crippen LogP contribution in [0.4, 0.5) is 0 Å². The number of carbonyl (C=O) groups excluding carboxylic acids is 2. The maximum Gasteiger partial charge on any atom is 0.306 e. The third kappa shape index (κ3) is 44.0. The molecule has 0 aromatic carbocycles. The summed E-state index contributed by atoms with van der Waals surface area (Å²) in [4.78, 5) is 26.1. The molecule has 6 nitrogen and oxygen atoms in total. The molecule has 0 spiro atoms. The highest BCUT2D eigenvalue weighted by molar-refractivity contribution is 5.77. The molecular weight excluding hydrogens is 755 g/mol. The Morgan fingerprint density at radius 1 is 0.475 bits per heavy atom. The van der Waals surface area contributed by atoms with Crippen molar-refractivity contribution in [3.05, 3.63) is 60.8 Å². The van der Waals surface area contributed by atoms with Gasteiger partial charge in [-0.1, -0.05) is 255 Å². The van der Waals surface area contributed by atoms with Crippen LogP contribution < -0.4 is 5.32 Å². The lowest BCUT2D eigenvalue weighted by Gasteiger charge is -2.24. The molecule has 0 aliphatic heterocycles. The van der Waals surface area contributed by atoms with Crippen molar-refractivity contribution >= 4 is 11.9 Å². The van der Waals surface area contributed by atoms with Crippen LogP contribution in [0.1, 0.15) is 252 Å². The lowest BCUT2D eigenvalue weighted by molar-refractivity contribution is -0.151. The van der Waals surface area contributed by atoms with Crippen molar-refractivity contribution in [2.45, 2.75) is 270 Å². The van der Waals surface area contributed by atoms with Crippen molar-refractivity contribution in [3.63, 3.8) is 0 Å². The van der Waals surface area contributed by atoms with E-state index >= 15 is 0 Å². The average molecular weight is 854 g/mol. The summed E-state index contributed by atoms with van der Waals surface area (Å²) in [5.74, 6) is -0.510. The van der Waals surface area contributed by atoms with E-state index in [0.29, 0.717) is 19.3 Å². The van der Waals surface area contributed by atoms with Crippen molar-refractivity contribution < 1.29 is 24.5 Å². The summed E-state index contributed by atoms with van der Waals surface area (Å²) >= 11 is 0. The van der Waals surface area contributed by atoms with Gasteiger partial charge in [0, 0.05) is 6.42 Å². The minimum Gasteiger partial charge on any atom is -0.462 e. The summed E-state index contributed by atoms with van der Waals surface area (Å²) in [6, 6.07) is -0.715. The van der Waals surface area contributed by atoms with E-state index in [0.717, 1.165) is 70.6 Å². The summed E-state index contributed by atoms with van der Waals surface area (Å²) in [7, 11) is 0. The van der Waals surface area contributed by atoms with E-state index in [9.17, 15) is 19.8 Å². The Balaban J connectivity index is 4.67. The number of carbonyl (C=O) groups is 2. The summed E-state index contributed by atoms with van der Waals surface area (Å²) in [6.07, 6.45) is 59.9. The minimum atomic E-state index is -0.799. The molecule has 0 radical (unpaired) electrons. The first-order valence-corrected chi connectivity index (χ1v) is 26.1. The predicted octanol–water partition coefficient (Wildman–Crippen LogP) is 15.6. The van der Waals surface area contributed by atoms with Gasteiger partial charge in [0.25, 0.3) is 0 Å². The van der Waals surface area contributed by atoms with Crippen molar-refractivity contribution in [3.8, 4) is 0 Å². The normalized spacial score (nSPS) is 13.7. The van der Waals surface area contributed by atoms with Crippen LogP contribution in [-0.4, -0.2) is 46.9 Å². The van der Waals surface area contributed by atoms with Gasteiger partial charge in [0.05, 0.1) is 25.2 Å². The molecular formula is C55H99NO5. The fourth-order valence-corrected chi connectivity index (χ4v) is 7.76. The maximum absolute atomic E-state index is 13.2. The number of rotatable bonds is 46. The molecule has 354 valence electrons. The van der Waals surface area contributed by atoms with E-state index in [1.807, 2.05) is 36.5 Å². The number of hydrogen-bond acceptors (Lipinski definition) is 5. The monoisotopic (exact) mass is 854 g/mol. The first-order chi connectivity index (χ1) is 30.0. The quantitative estimate of drug-likeness (QED) is 0.0322. The molecule has 1 amide bonds. The Morgan fingerprint density at radius 2 is 0.869 bits per heavy atom. The lowest BCUT2D eigenvalue weighted by Crippen LogP contribution is -2.46. The third-order valence-corrected chi connectivity index (χ3v) is 11.7. The highest BCUT2D eigenvalue weighted by Gasteiger charge is 2.24. The second kappa shape index (κ2) is 48.6. The number of aliphatic hydroxyl groups is 2. The van der Waals surface area contributed by atoms with Crippen LogP contribution in [0.2, 0.25) is 0 Å². The maximum atomic E-state index is 13.2. The van der Waals surface area contributed by atoms with Crippen LogP contribution in [0.15, 0.2) is 60.8 Å². The van der Waals surface area contributed by atoms with Crippen molar-refractivity contribution in [2.75, 3.05) is 6.61 Å². The number of esters is 1. The number of hydrogen-bond donors (Lipinski definition) is 3. The van der Waals surface area contributed by atoms with E-state index in [2.05, 4.69) is 50.4 Å². The first kappa shape index (κ1) is 58.6. The predicted molar refractivity (Wildman–Crippen MR) is 264 cm³/mol. The number of allylic oxidation sites excluding steroid dienone is 10. The molecule has 0 bridgehead atoms. The van der Waals surface area contributed by atoms with Crippen LogP contribution in [0.3, 0.4) is 0 Å². The minimum absolute atomic E-state index is 0.0503. The Labute approximate surface area is 378 Å². The van der Waals surface area contributed by atoms with Gasteiger partial charge in [-0.2, -0.15) is 0 Å². The number of amides is 1. The average Bonchev–Trinajstić information content (AvgIpc) is 3.25. The molecule has 0 fully saturated rings. The highest BCUT2D eigenvalue weighted by atomic mass is 16.5. The van der Waals surface area contributed by atoms with Crippen molar-refractivity contribution in [1.29, 1.82) is 0 Å². The van der Waals surface area contributed by atoms with Gasteiger partial charge in [-0.3, -0.25) is 9.59 Å². The molecule has 6 heteroatoms. The second-order valence-corrected chi connectivity index (χ2v) is 17.7. The largest absolute Gasteiger partial charge is 0.462 e. The SMILES string of the molecule is CCC/C=C/C=C/C=C/C=C/C=C/CCCCCC(CC(=O)NC(CO)C(O)CCCCCCCCCCCCC)OC(=O)CCCCCCCCCCCCCCCCC. The molecule has 0 aliphatic rings. The van der Waals surface area contributed by atoms with Gasteiger partial charge in [-0.05, 0) is 44.9 Å². The van der Waals surface area contributed by atoms with Gasteiger partial charge in [-0.25, -0.2) is 0 Å². The molecule has 0 heterocycles. The van der Waals surface area contributed by atoms with Crippen molar-refractivity contribution in [1.82, 2.24) is 5.32 Å². The zero-order valence-electron chi connectivity index (χ0n) is 40.3. The fraction of sp³-hybridized carbons (Fsp3) is 0.782. The van der Waals surface area contributed by atoms with Gasteiger partial charge < -0.3 is 20.3 Å². The standard InChI is InChI=1S/C55H99NO5/c1-4-7-10-13-16-19-22-24-26-28-29-32-34-37-40-43-46-51(61-55(60)48-45-42-39-36-33-30-27-25-23-20-17-14-11-8-5-2)49-54(59)56-52(50-57)53(58)47-44-41-38-35-31-21-18-15-12-9-6-3/h10,13,16,19,22,24,26,28-29,32,51-53,57-58H,4-9,11-12,14-15,17-18,20-21,23,25,27,30-31,33-50H2,1-3H3,(H,56,59)/b13-10+,19-16+,24-22+,28-26+,32-29+. The van der Waals surface area contributed by atoms with E-state index in [4.69, 9.17) is 4.74 Å². The summed E-state index contributed by atoms with van der Waals surface area (Å²) in [6.45, 7) is 6.38. The van der Waals surface area contributed by atoms with Crippen LogP contribution in [0, 0.1) is 0 Å². The molecule has 0 rings (SSSR count). The topological polar surface area (TPSA) is 95.9 Å². The number of ether oxygens (including phenoxy) is 1. The summed E-state index contributed by atoms with van der Waals surface area (Å²) < 4.78 is 5.92. The van der Waals surface area contributed by atoms with Gasteiger partial charge in [0.1, 0.15) is 6.10 Å². The summed E-state index contributed by atoms with van der Waals surface area (Å²) in [5, 5.41) is 23.7. The van der Waals surface area contributed by atoms with Gasteiger partial charge >= 0.3 is 5.97 Å². The smallest absolute Gasteiger partial charge is 0.306 e. The second-order valence-electron chi connectivity index (χ2n) is 17.7. The van der Waals surface area contributed by atoms with E-state index in [1.165, 1.54) is 135 Å². The molecule has 3 unspecified atom stereocenters. The van der Waals surface area contributed by atoms with Gasteiger partial charge in [0.15, 0.2) is 0 Å². The molecule has 0 saturated heterocycles. The lowest BCUT2D eigenvalue weighted by atomic mass is 10.0. The molecule has 3 atom stereocenters.